The number of hydrogen-bond acceptors (Lipinski definition) is 5. The maximum absolute atomic E-state index is 7.88. The van der Waals surface area contributed by atoms with Crippen molar-refractivity contribution in [2.45, 2.75) is 27.2 Å². The summed E-state index contributed by atoms with van der Waals surface area (Å²) in [6.07, 6.45) is 4.33. The van der Waals surface area contributed by atoms with E-state index in [1.54, 1.807) is 12.4 Å². The smallest absolute Gasteiger partial charge is 0.0601 e. The van der Waals surface area contributed by atoms with Gasteiger partial charge in [0.1, 0.15) is 0 Å². The first-order valence-corrected chi connectivity index (χ1v) is 6.47. The summed E-state index contributed by atoms with van der Waals surface area (Å²) in [5, 5.41) is 7.88. The van der Waals surface area contributed by atoms with E-state index in [2.05, 4.69) is 9.97 Å². The van der Waals surface area contributed by atoms with Crippen LogP contribution >= 0.6 is 0 Å². The molecule has 0 saturated heterocycles. The maximum atomic E-state index is 7.88. The number of nitrogens with zero attached hydrogens (tertiary/aromatic N) is 2. The third-order valence-corrected chi connectivity index (χ3v) is 2.32. The number of nitrogens with two attached hydrogens (primary N) is 2. The Balaban J connectivity index is 0.000000289. The van der Waals surface area contributed by atoms with Gasteiger partial charge in [0.25, 0.3) is 0 Å². The summed E-state index contributed by atoms with van der Waals surface area (Å²) in [7, 11) is 0. The van der Waals surface area contributed by atoms with Gasteiger partial charge in [-0.3, -0.25) is 9.97 Å². The van der Waals surface area contributed by atoms with Crippen LogP contribution in [0.5, 0.6) is 0 Å². The molecule has 0 unspecified atom stereocenters. The highest BCUT2D eigenvalue weighted by molar-refractivity contribution is 5.41. The fourth-order valence-electron chi connectivity index (χ4n) is 0.993. The molecule has 0 bridgehead atoms. The summed E-state index contributed by atoms with van der Waals surface area (Å²) in [5.74, 6) is 0. The molecule has 5 N–H and O–H groups in total. The molecule has 0 fully saturated rings. The van der Waals surface area contributed by atoms with Gasteiger partial charge in [0, 0.05) is 19.0 Å². The summed E-state index contributed by atoms with van der Waals surface area (Å²) in [6.45, 7) is 6.02. The van der Waals surface area contributed by atoms with E-state index < -0.39 is 0 Å². The first-order valence-electron chi connectivity index (χ1n) is 6.47. The van der Waals surface area contributed by atoms with Crippen LogP contribution < -0.4 is 11.5 Å². The van der Waals surface area contributed by atoms with E-state index in [9.17, 15) is 0 Å². The predicted octanol–water partition coefficient (Wildman–Crippen LogP) is 2.33. The van der Waals surface area contributed by atoms with Gasteiger partial charge in [0.2, 0.25) is 0 Å². The van der Waals surface area contributed by atoms with Crippen LogP contribution in [0.15, 0.2) is 36.7 Å². The molecule has 2 aromatic rings. The van der Waals surface area contributed by atoms with E-state index in [4.69, 9.17) is 16.6 Å². The minimum atomic E-state index is 0.319. The standard InChI is InChI=1S/2C6H8N2.C3H8O/c2*1-5-6(7)3-2-4-8-5;1-2-3-4/h2*2-4H,7H2,1H3;4H,2-3H2,1H3. The molecule has 20 heavy (non-hydrogen) atoms. The van der Waals surface area contributed by atoms with Crippen molar-refractivity contribution in [2.75, 3.05) is 18.1 Å². The molecule has 0 aliphatic carbocycles. The van der Waals surface area contributed by atoms with Gasteiger partial charge in [-0.2, -0.15) is 0 Å². The molecule has 0 spiro atoms. The van der Waals surface area contributed by atoms with Gasteiger partial charge in [0.05, 0.1) is 22.8 Å². The SMILES string of the molecule is CCCO.Cc1ncccc1N.Cc1ncccc1N. The van der Waals surface area contributed by atoms with E-state index >= 15 is 0 Å². The average Bonchev–Trinajstić information content (AvgIpc) is 2.46. The first kappa shape index (κ1) is 17.9. The number of hydrogen-bond donors (Lipinski definition) is 3. The van der Waals surface area contributed by atoms with Gasteiger partial charge >= 0.3 is 0 Å². The van der Waals surface area contributed by atoms with Gasteiger partial charge in [-0.15, -0.1) is 0 Å². The highest BCUT2D eigenvalue weighted by Crippen LogP contribution is 2.03. The molecule has 0 saturated carbocycles. The maximum Gasteiger partial charge on any atom is 0.0601 e. The van der Waals surface area contributed by atoms with Gasteiger partial charge < -0.3 is 16.6 Å². The quantitative estimate of drug-likeness (QED) is 0.742. The van der Waals surface area contributed by atoms with Crippen molar-refractivity contribution >= 4 is 11.4 Å². The Morgan fingerprint density at radius 1 is 0.950 bits per heavy atom. The molecule has 0 atom stereocenters. The molecule has 0 radical (unpaired) electrons. The lowest BCUT2D eigenvalue weighted by atomic mass is 10.3. The summed E-state index contributed by atoms with van der Waals surface area (Å²) < 4.78 is 0. The van der Waals surface area contributed by atoms with Crippen molar-refractivity contribution in [3.05, 3.63) is 48.0 Å². The van der Waals surface area contributed by atoms with Crippen LogP contribution in [0.4, 0.5) is 11.4 Å². The Kier molecular flexibility index (Phi) is 9.60. The molecule has 2 heterocycles. The lowest BCUT2D eigenvalue weighted by Crippen LogP contribution is -1.89. The molecule has 0 aliphatic rings. The zero-order valence-corrected chi connectivity index (χ0v) is 12.4. The topological polar surface area (TPSA) is 98.0 Å². The summed E-state index contributed by atoms with van der Waals surface area (Å²) in [5.41, 5.74) is 14.2. The van der Waals surface area contributed by atoms with Crippen LogP contribution in [0, 0.1) is 13.8 Å². The normalized spacial score (nSPS) is 8.80. The van der Waals surface area contributed by atoms with Crippen molar-refractivity contribution < 1.29 is 5.11 Å². The Morgan fingerprint density at radius 2 is 1.30 bits per heavy atom. The zero-order chi connectivity index (χ0) is 15.4. The van der Waals surface area contributed by atoms with Crippen LogP contribution in [0.3, 0.4) is 0 Å². The van der Waals surface area contributed by atoms with Crippen molar-refractivity contribution in [1.29, 1.82) is 0 Å². The number of aliphatic hydroxyl groups excluding tert-OH is 1. The van der Waals surface area contributed by atoms with Crippen LogP contribution in [-0.2, 0) is 0 Å². The lowest BCUT2D eigenvalue weighted by Gasteiger charge is -1.92. The molecular weight excluding hydrogens is 252 g/mol. The van der Waals surface area contributed by atoms with E-state index in [0.29, 0.717) is 6.61 Å². The Morgan fingerprint density at radius 3 is 1.45 bits per heavy atom. The number of aryl methyl sites for hydroxylation is 2. The monoisotopic (exact) mass is 276 g/mol. The van der Waals surface area contributed by atoms with E-state index in [0.717, 1.165) is 29.2 Å². The largest absolute Gasteiger partial charge is 0.397 e. The molecule has 0 aliphatic heterocycles. The highest BCUT2D eigenvalue weighted by atomic mass is 16.2. The highest BCUT2D eigenvalue weighted by Gasteiger charge is 1.87. The first-order chi connectivity index (χ1) is 9.52. The second-order valence-electron chi connectivity index (χ2n) is 4.08. The lowest BCUT2D eigenvalue weighted by molar-refractivity contribution is 0.295. The Labute approximate surface area is 120 Å². The number of nitrogen functional groups attached to an aromatic ring is 2. The fourth-order valence-corrected chi connectivity index (χ4v) is 0.993. The van der Waals surface area contributed by atoms with Crippen molar-refractivity contribution in [1.82, 2.24) is 9.97 Å². The Bertz CT molecular complexity index is 401. The summed E-state index contributed by atoms with van der Waals surface area (Å²) >= 11 is 0. The molecule has 110 valence electrons. The average molecular weight is 276 g/mol. The number of aliphatic hydroxyl groups is 1. The molecule has 5 heteroatoms. The van der Waals surface area contributed by atoms with E-state index in [1.807, 2.05) is 45.0 Å². The van der Waals surface area contributed by atoms with E-state index in [1.165, 1.54) is 0 Å². The van der Waals surface area contributed by atoms with E-state index in [-0.39, 0.29) is 0 Å². The van der Waals surface area contributed by atoms with Crippen molar-refractivity contribution in [3.8, 4) is 0 Å². The number of rotatable bonds is 1. The van der Waals surface area contributed by atoms with Gasteiger partial charge in [0.15, 0.2) is 0 Å². The number of aromatic nitrogens is 2. The van der Waals surface area contributed by atoms with Crippen LogP contribution in [-0.4, -0.2) is 21.7 Å². The number of anilines is 2. The molecule has 5 nitrogen and oxygen atoms in total. The summed E-state index contributed by atoms with van der Waals surface area (Å²) in [6, 6.07) is 7.31. The predicted molar refractivity (Wildman–Crippen MR) is 84.1 cm³/mol. The van der Waals surface area contributed by atoms with Gasteiger partial charge in [-0.25, -0.2) is 0 Å². The molecular formula is C15H24N4O. The molecule has 2 rings (SSSR count). The van der Waals surface area contributed by atoms with Crippen LogP contribution in [0.25, 0.3) is 0 Å². The minimum absolute atomic E-state index is 0.319. The molecule has 0 aromatic carbocycles. The molecule has 2 aromatic heterocycles. The third kappa shape index (κ3) is 8.05. The Hall–Kier alpha value is -2.14. The zero-order valence-electron chi connectivity index (χ0n) is 12.4. The van der Waals surface area contributed by atoms with Crippen LogP contribution in [0.1, 0.15) is 24.7 Å². The van der Waals surface area contributed by atoms with Crippen LogP contribution in [0.2, 0.25) is 0 Å². The van der Waals surface area contributed by atoms with Gasteiger partial charge in [-0.1, -0.05) is 6.92 Å². The van der Waals surface area contributed by atoms with Crippen molar-refractivity contribution in [2.24, 2.45) is 0 Å². The minimum Gasteiger partial charge on any atom is -0.397 e. The fraction of sp³-hybridized carbons (Fsp3) is 0.333. The second-order valence-corrected chi connectivity index (χ2v) is 4.08. The van der Waals surface area contributed by atoms with Crippen molar-refractivity contribution in [3.63, 3.8) is 0 Å². The van der Waals surface area contributed by atoms with Gasteiger partial charge in [-0.05, 0) is 44.5 Å². The summed E-state index contributed by atoms with van der Waals surface area (Å²) in [4.78, 5) is 7.91. The third-order valence-electron chi connectivity index (χ3n) is 2.32. The second kappa shape index (κ2) is 10.8. The number of pyridine rings is 2. The molecule has 0 amide bonds.